The maximum atomic E-state index is 13.2. The summed E-state index contributed by atoms with van der Waals surface area (Å²) in [6, 6.07) is 2.04. The van der Waals surface area contributed by atoms with Gasteiger partial charge in [0.1, 0.15) is 11.9 Å². The zero-order valence-electron chi connectivity index (χ0n) is 16.9. The van der Waals surface area contributed by atoms with Crippen LogP contribution in [0.25, 0.3) is 0 Å². The van der Waals surface area contributed by atoms with Crippen LogP contribution in [0.4, 0.5) is 17.6 Å². The van der Waals surface area contributed by atoms with E-state index in [2.05, 4.69) is 6.92 Å². The van der Waals surface area contributed by atoms with Crippen molar-refractivity contribution in [2.45, 2.75) is 96.8 Å². The molecule has 0 spiro atoms. The topological polar surface area (TPSA) is 26.3 Å². The van der Waals surface area contributed by atoms with Gasteiger partial charge in [0.25, 0.3) is 0 Å². The van der Waals surface area contributed by atoms with Gasteiger partial charge in [-0.3, -0.25) is 0 Å². The third-order valence-electron chi connectivity index (χ3n) is 4.79. The first-order chi connectivity index (χ1) is 13.3. The summed E-state index contributed by atoms with van der Waals surface area (Å²) in [7, 11) is 0. The van der Waals surface area contributed by atoms with Crippen molar-refractivity contribution in [3.8, 4) is 0 Å². The molecule has 1 atom stereocenters. The summed E-state index contributed by atoms with van der Waals surface area (Å²) in [5.74, 6) is -2.06. The first-order valence-electron chi connectivity index (χ1n) is 10.4. The van der Waals surface area contributed by atoms with E-state index in [4.69, 9.17) is 4.74 Å². The molecule has 0 fully saturated rings. The lowest BCUT2D eigenvalue weighted by Crippen LogP contribution is -2.21. The van der Waals surface area contributed by atoms with Gasteiger partial charge in [-0.1, -0.05) is 65.2 Å². The van der Waals surface area contributed by atoms with E-state index in [1.165, 1.54) is 25.7 Å². The molecule has 1 aromatic carbocycles. The molecular weight excluding hydrogens is 372 g/mol. The van der Waals surface area contributed by atoms with E-state index in [-0.39, 0.29) is 0 Å². The third-order valence-corrected chi connectivity index (χ3v) is 4.79. The van der Waals surface area contributed by atoms with Gasteiger partial charge < -0.3 is 4.74 Å². The highest BCUT2D eigenvalue weighted by Crippen LogP contribution is 2.33. The monoisotopic (exact) mass is 404 g/mol. The molecule has 2 nitrogen and oxygen atoms in total. The summed E-state index contributed by atoms with van der Waals surface area (Å²) in [5.41, 5.74) is -1.92. The molecule has 0 aliphatic carbocycles. The molecule has 0 aliphatic rings. The molecule has 160 valence electrons. The highest BCUT2D eigenvalue weighted by molar-refractivity contribution is 5.91. The maximum absolute atomic E-state index is 13.2. The quantitative estimate of drug-likeness (QED) is 0.191. The average Bonchev–Trinajstić information content (AvgIpc) is 2.64. The van der Waals surface area contributed by atoms with Crippen molar-refractivity contribution in [2.24, 2.45) is 0 Å². The Morgan fingerprint density at radius 1 is 0.929 bits per heavy atom. The highest BCUT2D eigenvalue weighted by Gasteiger charge is 2.36. The van der Waals surface area contributed by atoms with Gasteiger partial charge in [0, 0.05) is 0 Å². The van der Waals surface area contributed by atoms with Crippen molar-refractivity contribution < 1.29 is 27.1 Å². The number of unbranched alkanes of at least 4 members (excludes halogenated alkanes) is 7. The van der Waals surface area contributed by atoms with Crippen LogP contribution in [0.3, 0.4) is 0 Å². The minimum atomic E-state index is -4.81. The van der Waals surface area contributed by atoms with E-state index >= 15 is 0 Å². The van der Waals surface area contributed by atoms with Crippen LogP contribution >= 0.6 is 0 Å². The molecule has 0 bridgehead atoms. The van der Waals surface area contributed by atoms with E-state index in [1.807, 2.05) is 6.92 Å². The molecule has 28 heavy (non-hydrogen) atoms. The predicted molar refractivity (Wildman–Crippen MR) is 103 cm³/mol. The normalized spacial score (nSPS) is 12.8. The van der Waals surface area contributed by atoms with Gasteiger partial charge in [-0.05, 0) is 37.5 Å². The Bertz CT molecular complexity index is 584. The number of hydrogen-bond donors (Lipinski definition) is 0. The Morgan fingerprint density at radius 3 is 2.11 bits per heavy atom. The third kappa shape index (κ3) is 9.07. The van der Waals surface area contributed by atoms with Crippen LogP contribution in [0.2, 0.25) is 0 Å². The Balaban J connectivity index is 2.67. The smallest absolute Gasteiger partial charge is 0.417 e. The molecule has 0 N–H and O–H groups in total. The molecule has 0 aliphatic heterocycles. The van der Waals surface area contributed by atoms with E-state index in [0.29, 0.717) is 18.9 Å². The van der Waals surface area contributed by atoms with Crippen molar-refractivity contribution in [2.75, 3.05) is 0 Å². The van der Waals surface area contributed by atoms with Gasteiger partial charge in [-0.25, -0.2) is 9.18 Å². The lowest BCUT2D eigenvalue weighted by Gasteiger charge is -2.19. The van der Waals surface area contributed by atoms with Crippen LogP contribution in [0.5, 0.6) is 0 Å². The summed E-state index contributed by atoms with van der Waals surface area (Å²) in [4.78, 5) is 12.4. The number of carbonyl (C=O) groups is 1. The Hall–Kier alpha value is -1.59. The summed E-state index contributed by atoms with van der Waals surface area (Å²) in [6.07, 6.45) is 5.63. The van der Waals surface area contributed by atoms with E-state index in [1.54, 1.807) is 0 Å². The molecule has 1 aromatic rings. The molecule has 0 amide bonds. The number of rotatable bonds is 13. The zero-order valence-corrected chi connectivity index (χ0v) is 16.9. The SMILES string of the molecule is CCCCCCCCCC(CCCC)OC(=O)c1ccc(F)cc1C(F)(F)F. The van der Waals surface area contributed by atoms with Crippen molar-refractivity contribution in [3.63, 3.8) is 0 Å². The van der Waals surface area contributed by atoms with Crippen molar-refractivity contribution in [1.29, 1.82) is 0 Å². The molecule has 0 heterocycles. The minimum Gasteiger partial charge on any atom is -0.459 e. The van der Waals surface area contributed by atoms with Crippen LogP contribution in [0.1, 0.15) is 100 Å². The van der Waals surface area contributed by atoms with Crippen LogP contribution in [0.15, 0.2) is 18.2 Å². The second-order valence-corrected chi connectivity index (χ2v) is 7.27. The van der Waals surface area contributed by atoms with Gasteiger partial charge in [0.15, 0.2) is 0 Å². The molecule has 1 unspecified atom stereocenters. The Morgan fingerprint density at radius 2 is 1.50 bits per heavy atom. The number of carbonyl (C=O) groups excluding carboxylic acids is 1. The molecule has 0 radical (unpaired) electrons. The Kier molecular flexibility index (Phi) is 11.2. The number of esters is 1. The standard InChI is InChI=1S/C22H32F4O2/c1-3-5-7-8-9-10-11-13-18(12-6-4-2)28-21(27)19-15-14-17(23)16-20(19)22(24,25)26/h14-16,18H,3-13H2,1-2H3. The minimum absolute atomic E-state index is 0.341. The van der Waals surface area contributed by atoms with E-state index < -0.39 is 35.2 Å². The molecule has 6 heteroatoms. The molecular formula is C22H32F4O2. The predicted octanol–water partition coefficient (Wildman–Crippen LogP) is 7.70. The molecule has 0 saturated carbocycles. The highest BCUT2D eigenvalue weighted by atomic mass is 19.4. The second-order valence-electron chi connectivity index (χ2n) is 7.27. The van der Waals surface area contributed by atoms with Gasteiger partial charge in [0.05, 0.1) is 11.1 Å². The van der Waals surface area contributed by atoms with Crippen LogP contribution in [-0.4, -0.2) is 12.1 Å². The second kappa shape index (κ2) is 12.8. The fourth-order valence-electron chi connectivity index (χ4n) is 3.17. The van der Waals surface area contributed by atoms with Gasteiger partial charge in [-0.15, -0.1) is 0 Å². The molecule has 0 aromatic heterocycles. The van der Waals surface area contributed by atoms with E-state index in [0.717, 1.165) is 44.2 Å². The number of halogens is 4. The lowest BCUT2D eigenvalue weighted by molar-refractivity contribution is -0.138. The van der Waals surface area contributed by atoms with Crippen LogP contribution in [-0.2, 0) is 10.9 Å². The summed E-state index contributed by atoms with van der Waals surface area (Å²) >= 11 is 0. The molecule has 1 rings (SSSR count). The van der Waals surface area contributed by atoms with Gasteiger partial charge >= 0.3 is 12.1 Å². The number of hydrogen-bond acceptors (Lipinski definition) is 2. The molecule has 0 saturated heterocycles. The Labute approximate surface area is 165 Å². The summed E-state index contributed by atoms with van der Waals surface area (Å²) in [5, 5.41) is 0. The summed E-state index contributed by atoms with van der Waals surface area (Å²) in [6.45, 7) is 4.17. The zero-order chi connectivity index (χ0) is 21.0. The van der Waals surface area contributed by atoms with Gasteiger partial charge in [-0.2, -0.15) is 13.2 Å². The average molecular weight is 404 g/mol. The van der Waals surface area contributed by atoms with Gasteiger partial charge in [0.2, 0.25) is 0 Å². The fraction of sp³-hybridized carbons (Fsp3) is 0.682. The number of ether oxygens (including phenoxy) is 1. The maximum Gasteiger partial charge on any atom is 0.417 e. The van der Waals surface area contributed by atoms with Crippen LogP contribution in [0, 0.1) is 5.82 Å². The number of benzene rings is 1. The lowest BCUT2D eigenvalue weighted by atomic mass is 10.0. The van der Waals surface area contributed by atoms with E-state index in [9.17, 15) is 22.4 Å². The fourth-order valence-corrected chi connectivity index (χ4v) is 3.17. The summed E-state index contributed by atoms with van der Waals surface area (Å²) < 4.78 is 58.0. The van der Waals surface area contributed by atoms with Crippen molar-refractivity contribution >= 4 is 5.97 Å². The first kappa shape index (κ1) is 24.4. The van der Waals surface area contributed by atoms with Crippen molar-refractivity contribution in [3.05, 3.63) is 35.1 Å². The largest absolute Gasteiger partial charge is 0.459 e. The number of alkyl halides is 3. The van der Waals surface area contributed by atoms with Crippen molar-refractivity contribution in [1.82, 2.24) is 0 Å². The first-order valence-corrected chi connectivity index (χ1v) is 10.4. The van der Waals surface area contributed by atoms with Crippen LogP contribution < -0.4 is 0 Å².